The van der Waals surface area contributed by atoms with E-state index in [4.69, 9.17) is 15.2 Å². The summed E-state index contributed by atoms with van der Waals surface area (Å²) in [5, 5.41) is 9.97. The summed E-state index contributed by atoms with van der Waals surface area (Å²) in [4.78, 5) is 23.1. The van der Waals surface area contributed by atoms with E-state index >= 15 is 0 Å². The Hall–Kier alpha value is -3.70. The van der Waals surface area contributed by atoms with Crippen LogP contribution in [0, 0.1) is 19.8 Å². The third kappa shape index (κ3) is 5.89. The summed E-state index contributed by atoms with van der Waals surface area (Å²) in [5.74, 6) is 1.74. The van der Waals surface area contributed by atoms with Gasteiger partial charge in [0.2, 0.25) is 0 Å². The maximum absolute atomic E-state index is 11.6. The van der Waals surface area contributed by atoms with Crippen molar-refractivity contribution in [2.75, 3.05) is 45.6 Å². The van der Waals surface area contributed by atoms with E-state index < -0.39 is 0 Å². The zero-order valence-electron chi connectivity index (χ0n) is 22.2. The van der Waals surface area contributed by atoms with Crippen LogP contribution in [0.2, 0.25) is 0 Å². The largest absolute Gasteiger partial charge is 0.433 e. The summed E-state index contributed by atoms with van der Waals surface area (Å²) in [6.07, 6.45) is 7.37. The van der Waals surface area contributed by atoms with E-state index in [1.807, 2.05) is 36.9 Å². The van der Waals surface area contributed by atoms with Crippen LogP contribution in [0.15, 0.2) is 30.7 Å². The number of piperidine rings is 1. The van der Waals surface area contributed by atoms with Crippen LogP contribution in [-0.2, 0) is 11.3 Å². The molecule has 2 aliphatic rings. The number of nitrogens with zero attached hydrogens (tertiary/aromatic N) is 5. The van der Waals surface area contributed by atoms with Crippen molar-refractivity contribution in [1.29, 1.82) is 0 Å². The third-order valence-electron chi connectivity index (χ3n) is 7.36. The van der Waals surface area contributed by atoms with E-state index in [2.05, 4.69) is 30.6 Å². The number of urea groups is 1. The number of rotatable bonds is 8. The Balaban J connectivity index is 1.25. The molecule has 202 valence electrons. The molecule has 4 heterocycles. The van der Waals surface area contributed by atoms with Gasteiger partial charge in [-0.3, -0.25) is 4.68 Å². The van der Waals surface area contributed by atoms with Crippen molar-refractivity contribution >= 4 is 11.8 Å². The molecule has 0 aliphatic carbocycles. The van der Waals surface area contributed by atoms with Gasteiger partial charge in [-0.25, -0.2) is 14.8 Å². The van der Waals surface area contributed by atoms with Crippen LogP contribution < -0.4 is 21.1 Å². The Morgan fingerprint density at radius 3 is 2.58 bits per heavy atom. The fraction of sp³-hybridized carbons (Fsp3) is 0.481. The van der Waals surface area contributed by atoms with Gasteiger partial charge in [0.15, 0.2) is 11.6 Å². The van der Waals surface area contributed by atoms with E-state index in [0.717, 1.165) is 67.9 Å². The second kappa shape index (κ2) is 11.4. The number of nitrogen functional groups attached to an aromatic ring is 1. The minimum absolute atomic E-state index is 0.215. The fourth-order valence-electron chi connectivity index (χ4n) is 5.08. The minimum Gasteiger partial charge on any atom is -0.433 e. The van der Waals surface area contributed by atoms with Gasteiger partial charge in [0.05, 0.1) is 43.5 Å². The van der Waals surface area contributed by atoms with Gasteiger partial charge in [-0.05, 0) is 55.5 Å². The van der Waals surface area contributed by atoms with Crippen molar-refractivity contribution in [2.45, 2.75) is 39.3 Å². The number of carbonyl (C=O) groups is 1. The molecule has 0 unspecified atom stereocenters. The molecule has 3 aromatic rings. The summed E-state index contributed by atoms with van der Waals surface area (Å²) in [5.41, 5.74) is 10.8. The van der Waals surface area contributed by atoms with Gasteiger partial charge in [0.25, 0.3) is 5.88 Å². The number of nitrogens with one attached hydrogen (secondary N) is 2. The Kier molecular flexibility index (Phi) is 7.75. The molecule has 11 nitrogen and oxygen atoms in total. The van der Waals surface area contributed by atoms with Crippen molar-refractivity contribution in [1.82, 2.24) is 35.3 Å². The van der Waals surface area contributed by atoms with E-state index in [-0.39, 0.29) is 17.7 Å². The summed E-state index contributed by atoms with van der Waals surface area (Å²) in [6.45, 7) is 9.53. The number of amides is 2. The van der Waals surface area contributed by atoms with Crippen LogP contribution in [0.25, 0.3) is 11.3 Å². The number of benzene rings is 1. The molecular weight excluding hydrogens is 484 g/mol. The van der Waals surface area contributed by atoms with E-state index in [9.17, 15) is 4.79 Å². The Morgan fingerprint density at radius 2 is 1.92 bits per heavy atom. The van der Waals surface area contributed by atoms with E-state index in [0.29, 0.717) is 29.9 Å². The number of likely N-dealkylation sites (tertiary alicyclic amines) is 1. The lowest BCUT2D eigenvalue weighted by molar-refractivity contribution is -0.0495. The van der Waals surface area contributed by atoms with Gasteiger partial charge in [-0.15, -0.1) is 0 Å². The molecule has 2 saturated heterocycles. The average molecular weight is 521 g/mol. The lowest BCUT2D eigenvalue weighted by Crippen LogP contribution is -2.43. The molecule has 38 heavy (non-hydrogen) atoms. The SMILES string of the molecule is CNC(=O)NCc1c(C)cc(-c2cnc(N)c(Oc3cnn(C4CCN(CC5COC5)CC4)c3)n2)cc1C. The first-order chi connectivity index (χ1) is 18.4. The number of nitrogens with two attached hydrogens (primary N) is 1. The molecule has 11 heteroatoms. The number of aryl methyl sites for hydroxylation is 2. The number of hydrogen-bond acceptors (Lipinski definition) is 8. The molecule has 2 amide bonds. The fourth-order valence-corrected chi connectivity index (χ4v) is 5.08. The number of anilines is 1. The molecule has 1 aromatic carbocycles. The van der Waals surface area contributed by atoms with Gasteiger partial charge < -0.3 is 30.7 Å². The van der Waals surface area contributed by atoms with Crippen LogP contribution in [0.3, 0.4) is 0 Å². The van der Waals surface area contributed by atoms with Gasteiger partial charge in [-0.2, -0.15) is 5.10 Å². The maximum Gasteiger partial charge on any atom is 0.314 e. The Bertz CT molecular complexity index is 1260. The maximum atomic E-state index is 11.6. The van der Waals surface area contributed by atoms with Crippen LogP contribution >= 0.6 is 0 Å². The lowest BCUT2D eigenvalue weighted by atomic mass is 9.98. The molecule has 0 spiro atoms. The molecule has 0 radical (unpaired) electrons. The normalized spacial score (nSPS) is 16.7. The van der Waals surface area contributed by atoms with E-state index in [1.54, 1.807) is 19.4 Å². The highest BCUT2D eigenvalue weighted by Crippen LogP contribution is 2.31. The monoisotopic (exact) mass is 520 g/mol. The van der Waals surface area contributed by atoms with Crippen molar-refractivity contribution in [2.24, 2.45) is 5.92 Å². The molecule has 0 atom stereocenters. The number of hydrogen-bond donors (Lipinski definition) is 3. The molecule has 2 aromatic heterocycles. The first kappa shape index (κ1) is 25.9. The van der Waals surface area contributed by atoms with Gasteiger partial charge >= 0.3 is 6.03 Å². The van der Waals surface area contributed by atoms with Crippen LogP contribution in [0.5, 0.6) is 11.6 Å². The Morgan fingerprint density at radius 1 is 1.18 bits per heavy atom. The molecule has 2 fully saturated rings. The van der Waals surface area contributed by atoms with Crippen molar-refractivity contribution in [3.63, 3.8) is 0 Å². The van der Waals surface area contributed by atoms with Gasteiger partial charge in [-0.1, -0.05) is 0 Å². The number of aromatic nitrogens is 4. The smallest absolute Gasteiger partial charge is 0.314 e. The minimum atomic E-state index is -0.215. The summed E-state index contributed by atoms with van der Waals surface area (Å²) < 4.78 is 13.3. The highest BCUT2D eigenvalue weighted by Gasteiger charge is 2.26. The second-order valence-corrected chi connectivity index (χ2v) is 10.2. The van der Waals surface area contributed by atoms with Crippen molar-refractivity contribution < 1.29 is 14.3 Å². The molecule has 2 aliphatic heterocycles. The van der Waals surface area contributed by atoms with Gasteiger partial charge in [0.1, 0.15) is 0 Å². The van der Waals surface area contributed by atoms with Crippen molar-refractivity contribution in [3.05, 3.63) is 47.4 Å². The second-order valence-electron chi connectivity index (χ2n) is 10.2. The first-order valence-corrected chi connectivity index (χ1v) is 13.1. The van der Waals surface area contributed by atoms with Crippen molar-refractivity contribution in [3.8, 4) is 22.9 Å². The summed E-state index contributed by atoms with van der Waals surface area (Å²) in [6, 6.07) is 4.19. The highest BCUT2D eigenvalue weighted by molar-refractivity contribution is 5.73. The van der Waals surface area contributed by atoms with E-state index in [1.165, 1.54) is 0 Å². The number of ether oxygens (including phenoxy) is 2. The zero-order valence-corrected chi connectivity index (χ0v) is 22.2. The molecule has 0 bridgehead atoms. The lowest BCUT2D eigenvalue weighted by Gasteiger charge is -2.36. The highest BCUT2D eigenvalue weighted by atomic mass is 16.5. The van der Waals surface area contributed by atoms with Gasteiger partial charge in [0, 0.05) is 44.7 Å². The predicted molar refractivity (Wildman–Crippen MR) is 144 cm³/mol. The summed E-state index contributed by atoms with van der Waals surface area (Å²) in [7, 11) is 1.60. The summed E-state index contributed by atoms with van der Waals surface area (Å²) >= 11 is 0. The first-order valence-electron chi connectivity index (χ1n) is 13.1. The van der Waals surface area contributed by atoms with Crippen LogP contribution in [0.4, 0.5) is 10.6 Å². The quantitative estimate of drug-likeness (QED) is 0.413. The third-order valence-corrected chi connectivity index (χ3v) is 7.36. The van der Waals surface area contributed by atoms with Crippen LogP contribution in [-0.4, -0.2) is 70.6 Å². The molecule has 5 rings (SSSR count). The zero-order chi connectivity index (χ0) is 26.6. The standard InChI is InChI=1S/C27H36N8O3/c1-17-8-20(9-18(2)23(17)11-31-27(36)29-3)24-12-30-25(28)26(33-24)38-22-10-32-35(14-22)21-4-6-34(7-5-21)13-19-15-37-16-19/h8-10,12,14,19,21H,4-7,11,13,15-16H2,1-3H3,(H2,28,30)(H2,29,31,36). The Labute approximate surface area is 222 Å². The number of carbonyl (C=O) groups excluding carboxylic acids is 1. The molecule has 4 N–H and O–H groups in total. The average Bonchev–Trinajstić information content (AvgIpc) is 3.35. The molecule has 0 saturated carbocycles. The molecular formula is C27H36N8O3. The van der Waals surface area contributed by atoms with Crippen LogP contribution in [0.1, 0.15) is 35.6 Å². The predicted octanol–water partition coefficient (Wildman–Crippen LogP) is 3.04. The topological polar surface area (TPSA) is 132 Å².